The number of methoxy groups -OCH3 is 1. The van der Waals surface area contributed by atoms with Gasteiger partial charge in [0, 0.05) is 13.7 Å². The van der Waals surface area contributed by atoms with Crippen LogP contribution in [-0.4, -0.2) is 38.2 Å². The number of rotatable bonds is 8. The van der Waals surface area contributed by atoms with Crippen molar-refractivity contribution in [3.05, 3.63) is 12.2 Å². The van der Waals surface area contributed by atoms with E-state index < -0.39 is 5.60 Å². The van der Waals surface area contributed by atoms with Crippen LogP contribution in [0.15, 0.2) is 12.2 Å². The van der Waals surface area contributed by atoms with E-state index >= 15 is 0 Å². The highest BCUT2D eigenvalue weighted by Gasteiger charge is 2.15. The quantitative estimate of drug-likeness (QED) is 0.420. The van der Waals surface area contributed by atoms with Crippen molar-refractivity contribution in [3.63, 3.8) is 0 Å². The Hall–Kier alpha value is -1.07. The van der Waals surface area contributed by atoms with Crippen LogP contribution in [0.4, 0.5) is 4.79 Å². The predicted molar refractivity (Wildman–Crippen MR) is 75.0 cm³/mol. The van der Waals surface area contributed by atoms with E-state index in [0.717, 1.165) is 12.8 Å². The third kappa shape index (κ3) is 11.7. The number of ether oxygens (including phenoxy) is 3. The van der Waals surface area contributed by atoms with Gasteiger partial charge in [0.2, 0.25) is 0 Å². The summed E-state index contributed by atoms with van der Waals surface area (Å²) < 4.78 is 15.5. The summed E-state index contributed by atoms with van der Waals surface area (Å²) in [5, 5.41) is 2.72. The zero-order chi connectivity index (χ0) is 14.7. The fourth-order valence-electron chi connectivity index (χ4n) is 1.41. The molecule has 0 aromatic heterocycles. The highest BCUT2D eigenvalue weighted by atomic mass is 16.7. The molecule has 5 nitrogen and oxygen atoms in total. The Bertz CT molecular complexity index is 271. The molecule has 1 atom stereocenters. The van der Waals surface area contributed by atoms with E-state index in [9.17, 15) is 4.79 Å². The summed E-state index contributed by atoms with van der Waals surface area (Å²) >= 11 is 0. The molecule has 0 aromatic carbocycles. The van der Waals surface area contributed by atoms with Crippen LogP contribution in [0.3, 0.4) is 0 Å². The van der Waals surface area contributed by atoms with Gasteiger partial charge in [0.1, 0.15) is 12.4 Å². The molecular formula is C14H27NO4. The fourth-order valence-corrected chi connectivity index (χ4v) is 1.41. The van der Waals surface area contributed by atoms with Gasteiger partial charge in [0.25, 0.3) is 0 Å². The average molecular weight is 273 g/mol. The molecule has 19 heavy (non-hydrogen) atoms. The molecule has 0 aliphatic rings. The number of nitrogens with one attached hydrogen (secondary N) is 1. The Labute approximate surface area is 116 Å². The van der Waals surface area contributed by atoms with Gasteiger partial charge in [-0.2, -0.15) is 0 Å². The molecule has 0 saturated heterocycles. The normalized spacial score (nSPS) is 13.5. The van der Waals surface area contributed by atoms with E-state index in [2.05, 4.69) is 5.32 Å². The summed E-state index contributed by atoms with van der Waals surface area (Å²) in [6, 6.07) is 0. The maximum absolute atomic E-state index is 11.4. The number of carbonyl (C=O) groups is 1. The van der Waals surface area contributed by atoms with E-state index in [1.165, 1.54) is 0 Å². The van der Waals surface area contributed by atoms with Gasteiger partial charge in [-0.3, -0.25) is 0 Å². The molecule has 1 N–H and O–H groups in total. The van der Waals surface area contributed by atoms with E-state index in [1.54, 1.807) is 7.11 Å². The summed E-state index contributed by atoms with van der Waals surface area (Å²) in [5.41, 5.74) is -0.459. The summed E-state index contributed by atoms with van der Waals surface area (Å²) in [7, 11) is 1.59. The molecule has 0 fully saturated rings. The van der Waals surface area contributed by atoms with Crippen LogP contribution in [0, 0.1) is 0 Å². The Kier molecular flexibility index (Phi) is 9.26. The van der Waals surface area contributed by atoms with Crippen molar-refractivity contribution in [2.75, 3.05) is 20.4 Å². The Morgan fingerprint density at radius 1 is 1.37 bits per heavy atom. The first kappa shape index (κ1) is 17.9. The Morgan fingerprint density at radius 3 is 2.58 bits per heavy atom. The van der Waals surface area contributed by atoms with Crippen LogP contribution in [0.2, 0.25) is 0 Å². The summed E-state index contributed by atoms with van der Waals surface area (Å²) in [4.78, 5) is 11.4. The minimum atomic E-state index is -0.459. The first-order valence-corrected chi connectivity index (χ1v) is 6.59. The Morgan fingerprint density at radius 2 is 2.05 bits per heavy atom. The lowest BCUT2D eigenvalue weighted by Crippen LogP contribution is -2.33. The number of alkyl carbamates (subject to hydrolysis) is 1. The molecule has 0 aromatic rings. The molecule has 0 rings (SSSR count). The molecule has 5 heteroatoms. The first-order chi connectivity index (χ1) is 8.89. The van der Waals surface area contributed by atoms with E-state index in [0.29, 0.717) is 6.54 Å². The molecule has 0 saturated carbocycles. The van der Waals surface area contributed by atoms with Crippen LogP contribution < -0.4 is 5.32 Å². The lowest BCUT2D eigenvalue weighted by atomic mass is 10.2. The van der Waals surface area contributed by atoms with Crippen LogP contribution in [0.25, 0.3) is 0 Å². The van der Waals surface area contributed by atoms with Gasteiger partial charge >= 0.3 is 6.09 Å². The molecule has 0 spiro atoms. The summed E-state index contributed by atoms with van der Waals surface area (Å²) in [6.45, 7) is 8.31. The summed E-state index contributed by atoms with van der Waals surface area (Å²) in [5.74, 6) is 0. The van der Waals surface area contributed by atoms with Gasteiger partial charge in [-0.1, -0.05) is 12.2 Å². The van der Waals surface area contributed by atoms with Crippen molar-refractivity contribution in [1.82, 2.24) is 5.32 Å². The monoisotopic (exact) mass is 273 g/mol. The topological polar surface area (TPSA) is 56.8 Å². The van der Waals surface area contributed by atoms with Gasteiger partial charge in [0.15, 0.2) is 0 Å². The lowest BCUT2D eigenvalue weighted by Gasteiger charge is -2.20. The molecule has 1 amide bonds. The van der Waals surface area contributed by atoms with E-state index in [-0.39, 0.29) is 19.0 Å². The fraction of sp³-hybridized carbons (Fsp3) is 0.786. The third-order valence-corrected chi connectivity index (χ3v) is 2.14. The SMILES string of the molecule is CC=C[C@H](CCCNC(=O)OC(C)(C)C)OCOC. The average Bonchev–Trinajstić information content (AvgIpc) is 2.29. The van der Waals surface area contributed by atoms with Crippen molar-refractivity contribution in [3.8, 4) is 0 Å². The van der Waals surface area contributed by atoms with Crippen molar-refractivity contribution in [2.45, 2.75) is 52.2 Å². The third-order valence-electron chi connectivity index (χ3n) is 2.14. The van der Waals surface area contributed by atoms with Gasteiger partial charge in [-0.25, -0.2) is 4.79 Å². The number of allylic oxidation sites excluding steroid dienone is 1. The van der Waals surface area contributed by atoms with Gasteiger partial charge in [0.05, 0.1) is 6.10 Å². The predicted octanol–water partition coefficient (Wildman–Crippen LogP) is 2.86. The van der Waals surface area contributed by atoms with Crippen molar-refractivity contribution in [2.24, 2.45) is 0 Å². The molecule has 0 aliphatic heterocycles. The molecule has 0 heterocycles. The standard InChI is InChI=1S/C14H27NO4/c1-6-8-12(18-11-17-5)9-7-10-15-13(16)19-14(2,3)4/h6,8,12H,7,9-11H2,1-5H3,(H,15,16)/t12-/m1/s1. The smallest absolute Gasteiger partial charge is 0.407 e. The van der Waals surface area contributed by atoms with Crippen molar-refractivity contribution in [1.29, 1.82) is 0 Å². The van der Waals surface area contributed by atoms with E-state index in [4.69, 9.17) is 14.2 Å². The zero-order valence-electron chi connectivity index (χ0n) is 12.7. The second-order valence-corrected chi connectivity index (χ2v) is 5.21. The second-order valence-electron chi connectivity index (χ2n) is 5.21. The van der Waals surface area contributed by atoms with Gasteiger partial charge < -0.3 is 19.5 Å². The molecule has 0 radical (unpaired) electrons. The largest absolute Gasteiger partial charge is 0.444 e. The minimum absolute atomic E-state index is 0.0189. The Balaban J connectivity index is 3.78. The molecule has 0 aliphatic carbocycles. The minimum Gasteiger partial charge on any atom is -0.444 e. The highest BCUT2D eigenvalue weighted by molar-refractivity contribution is 5.67. The lowest BCUT2D eigenvalue weighted by molar-refractivity contribution is -0.0579. The molecule has 0 unspecified atom stereocenters. The zero-order valence-corrected chi connectivity index (χ0v) is 12.7. The number of amides is 1. The number of hydrogen-bond acceptors (Lipinski definition) is 4. The van der Waals surface area contributed by atoms with Crippen LogP contribution in [0.5, 0.6) is 0 Å². The van der Waals surface area contributed by atoms with Gasteiger partial charge in [-0.15, -0.1) is 0 Å². The molecule has 0 bridgehead atoms. The van der Waals surface area contributed by atoms with E-state index in [1.807, 2.05) is 39.8 Å². The van der Waals surface area contributed by atoms with Crippen LogP contribution >= 0.6 is 0 Å². The maximum atomic E-state index is 11.4. The first-order valence-electron chi connectivity index (χ1n) is 6.59. The second kappa shape index (κ2) is 9.81. The summed E-state index contributed by atoms with van der Waals surface area (Å²) in [6.07, 6.45) is 5.20. The molecular weight excluding hydrogens is 246 g/mol. The van der Waals surface area contributed by atoms with Gasteiger partial charge in [-0.05, 0) is 40.5 Å². The van der Waals surface area contributed by atoms with Crippen LogP contribution in [-0.2, 0) is 14.2 Å². The van der Waals surface area contributed by atoms with Crippen molar-refractivity contribution >= 4 is 6.09 Å². The van der Waals surface area contributed by atoms with Crippen LogP contribution in [0.1, 0.15) is 40.5 Å². The maximum Gasteiger partial charge on any atom is 0.407 e. The highest BCUT2D eigenvalue weighted by Crippen LogP contribution is 2.07. The van der Waals surface area contributed by atoms with Crippen molar-refractivity contribution < 1.29 is 19.0 Å². The number of hydrogen-bond donors (Lipinski definition) is 1. The number of carbonyl (C=O) groups excluding carboxylic acids is 1. The molecule has 112 valence electrons.